The highest BCUT2D eigenvalue weighted by Gasteiger charge is 2.30. The van der Waals surface area contributed by atoms with Gasteiger partial charge in [0.1, 0.15) is 19.3 Å². The number of unbranched alkanes of at least 4 members (excludes halogenated alkanes) is 52. The summed E-state index contributed by atoms with van der Waals surface area (Å²) in [6.07, 6.45) is 65.3. The molecule has 3 N–H and O–H groups in total. The van der Waals surface area contributed by atoms with Gasteiger partial charge in [-0.1, -0.05) is 388 Å². The summed E-state index contributed by atoms with van der Waals surface area (Å²) in [5.41, 5.74) is 0. The summed E-state index contributed by atoms with van der Waals surface area (Å²) in [5, 5.41) is 10.6. The van der Waals surface area contributed by atoms with Gasteiger partial charge in [0, 0.05) is 25.7 Å². The van der Waals surface area contributed by atoms with E-state index in [1.54, 1.807) is 0 Å². The summed E-state index contributed by atoms with van der Waals surface area (Å²) in [7, 11) is -9.92. The van der Waals surface area contributed by atoms with Crippen LogP contribution >= 0.6 is 15.6 Å². The Bertz CT molecular complexity index is 1960. The Kier molecular flexibility index (Phi) is 73.1. The summed E-state index contributed by atoms with van der Waals surface area (Å²) < 4.78 is 68.8. The zero-order chi connectivity index (χ0) is 74.9. The summed E-state index contributed by atoms with van der Waals surface area (Å²) in [6, 6.07) is 0. The zero-order valence-electron chi connectivity index (χ0n) is 66.9. The fraction of sp³-hybridized carbons (Fsp3) is 0.952. The normalized spacial score (nSPS) is 13.9. The highest BCUT2D eigenvalue weighted by Crippen LogP contribution is 2.45. The molecule has 0 fully saturated rings. The van der Waals surface area contributed by atoms with Gasteiger partial charge in [-0.25, -0.2) is 9.13 Å². The molecule has 2 unspecified atom stereocenters. The summed E-state index contributed by atoms with van der Waals surface area (Å²) >= 11 is 0. The first-order valence-corrected chi connectivity index (χ1v) is 46.0. The maximum absolute atomic E-state index is 13.1. The molecule has 0 heterocycles. The van der Waals surface area contributed by atoms with Crippen LogP contribution in [0.1, 0.15) is 440 Å². The Morgan fingerprint density at radius 1 is 0.265 bits per heavy atom. The molecule has 0 aliphatic heterocycles. The quantitative estimate of drug-likeness (QED) is 0.0222. The van der Waals surface area contributed by atoms with Crippen LogP contribution in [0.3, 0.4) is 0 Å². The minimum absolute atomic E-state index is 0.107. The van der Waals surface area contributed by atoms with Crippen molar-refractivity contribution in [1.82, 2.24) is 0 Å². The van der Waals surface area contributed by atoms with Crippen LogP contribution in [0, 0.1) is 11.8 Å². The molecule has 0 saturated carbocycles. The van der Waals surface area contributed by atoms with E-state index in [1.165, 1.54) is 257 Å². The summed E-state index contributed by atoms with van der Waals surface area (Å²) in [4.78, 5) is 73.1. The molecule has 0 amide bonds. The van der Waals surface area contributed by atoms with Crippen LogP contribution in [0.25, 0.3) is 0 Å². The van der Waals surface area contributed by atoms with Crippen LogP contribution in [0.5, 0.6) is 0 Å². The van der Waals surface area contributed by atoms with Gasteiger partial charge in [0.15, 0.2) is 12.2 Å². The van der Waals surface area contributed by atoms with Gasteiger partial charge in [-0.3, -0.25) is 37.3 Å². The number of phosphoric ester groups is 2. The lowest BCUT2D eigenvalue weighted by molar-refractivity contribution is -0.161. The van der Waals surface area contributed by atoms with Gasteiger partial charge < -0.3 is 33.8 Å². The molecule has 17 nitrogen and oxygen atoms in total. The molecule has 5 atom stereocenters. The molecule has 0 spiro atoms. The predicted molar refractivity (Wildman–Crippen MR) is 418 cm³/mol. The van der Waals surface area contributed by atoms with Crippen molar-refractivity contribution in [2.45, 2.75) is 458 Å². The Labute approximate surface area is 626 Å². The van der Waals surface area contributed by atoms with E-state index in [0.29, 0.717) is 25.7 Å². The number of aliphatic hydroxyl groups is 1. The van der Waals surface area contributed by atoms with E-state index < -0.39 is 97.5 Å². The Balaban J connectivity index is 5.22. The molecule has 0 aromatic carbocycles. The lowest BCUT2D eigenvalue weighted by Gasteiger charge is -2.21. The predicted octanol–water partition coefficient (Wildman–Crippen LogP) is 25.1. The Morgan fingerprint density at radius 3 is 0.667 bits per heavy atom. The zero-order valence-corrected chi connectivity index (χ0v) is 68.7. The maximum atomic E-state index is 13.1. The van der Waals surface area contributed by atoms with Crippen LogP contribution in [-0.4, -0.2) is 96.7 Å². The van der Waals surface area contributed by atoms with E-state index in [9.17, 15) is 43.2 Å². The smallest absolute Gasteiger partial charge is 0.462 e. The van der Waals surface area contributed by atoms with Crippen molar-refractivity contribution in [1.29, 1.82) is 0 Å². The van der Waals surface area contributed by atoms with Crippen LogP contribution in [-0.2, 0) is 65.4 Å². The van der Waals surface area contributed by atoms with Crippen molar-refractivity contribution in [2.75, 3.05) is 39.6 Å². The monoisotopic (exact) mass is 1490 g/mol. The lowest BCUT2D eigenvalue weighted by Crippen LogP contribution is -2.30. The number of carbonyl (C=O) groups is 4. The number of esters is 4. The lowest BCUT2D eigenvalue weighted by atomic mass is 10.0. The molecular formula is C83H162O17P2. The molecule has 0 radical (unpaired) electrons. The van der Waals surface area contributed by atoms with E-state index in [1.807, 2.05) is 0 Å². The molecule has 102 heavy (non-hydrogen) atoms. The van der Waals surface area contributed by atoms with E-state index in [2.05, 4.69) is 41.5 Å². The topological polar surface area (TPSA) is 237 Å². The molecule has 0 aromatic heterocycles. The molecule has 0 aromatic rings. The second-order valence-corrected chi connectivity index (χ2v) is 33.7. The SMILES string of the molecule is CCCCCCCCCCCCCCCCCCCCCCCC(=O)O[C@H](COC(=O)CCCCCCCCCCCCCCCCCC(C)C)COP(=O)(O)OC[C@@H](O)COP(=O)(O)OC[C@@H](COC(=O)CCCCCCCCCCC(C)C)OC(=O)CCCCCCCCCCCCCC. The Hall–Kier alpha value is -1.94. The number of ether oxygens (including phenoxy) is 4. The number of rotatable bonds is 82. The van der Waals surface area contributed by atoms with Crippen molar-refractivity contribution in [3.8, 4) is 0 Å². The number of hydrogen-bond acceptors (Lipinski definition) is 15. The molecule has 19 heteroatoms. The van der Waals surface area contributed by atoms with Gasteiger partial charge in [0.05, 0.1) is 26.4 Å². The number of phosphoric acid groups is 2. The fourth-order valence-corrected chi connectivity index (χ4v) is 14.5. The number of hydrogen-bond donors (Lipinski definition) is 3. The van der Waals surface area contributed by atoms with E-state index >= 15 is 0 Å². The van der Waals surface area contributed by atoms with Gasteiger partial charge >= 0.3 is 39.5 Å². The van der Waals surface area contributed by atoms with Crippen LogP contribution < -0.4 is 0 Å². The van der Waals surface area contributed by atoms with Gasteiger partial charge in [-0.05, 0) is 37.5 Å². The third-order valence-corrected chi connectivity index (χ3v) is 21.4. The highest BCUT2D eigenvalue weighted by molar-refractivity contribution is 7.47. The minimum atomic E-state index is -4.96. The van der Waals surface area contributed by atoms with Gasteiger partial charge in [-0.2, -0.15) is 0 Å². The molecule has 0 aliphatic carbocycles. The van der Waals surface area contributed by atoms with Gasteiger partial charge in [-0.15, -0.1) is 0 Å². The molecule has 0 saturated heterocycles. The molecule has 606 valence electrons. The fourth-order valence-electron chi connectivity index (χ4n) is 12.9. The van der Waals surface area contributed by atoms with Crippen LogP contribution in [0.4, 0.5) is 0 Å². The van der Waals surface area contributed by atoms with Crippen molar-refractivity contribution in [3.05, 3.63) is 0 Å². The minimum Gasteiger partial charge on any atom is -0.462 e. The van der Waals surface area contributed by atoms with Crippen LogP contribution in [0.2, 0.25) is 0 Å². The third-order valence-electron chi connectivity index (χ3n) is 19.5. The highest BCUT2D eigenvalue weighted by atomic mass is 31.2. The molecular weight excluding hydrogens is 1330 g/mol. The standard InChI is InChI=1S/C83H162O17P2/c1-7-9-11-13-15-17-19-21-22-23-24-25-26-27-30-34-38-42-50-56-62-68-83(88)99-78(71-93-80(85)65-59-53-47-40-37-33-31-28-29-32-35-39-45-51-57-63-75(3)4)73-97-101(89,90)95-69-77(84)70-96-102(91,92)98-74-79(72-94-81(86)66-60-54-48-44-43-46-52-58-64-76(5)6)100-82(87)67-61-55-49-41-36-20-18-16-14-12-10-8-2/h75-79,84H,7-74H2,1-6H3,(H,89,90)(H,91,92)/t77-,78-,79-/m1/s1. The summed E-state index contributed by atoms with van der Waals surface area (Å²) in [6.45, 7) is 9.64. The van der Waals surface area contributed by atoms with E-state index in [4.69, 9.17) is 37.0 Å². The van der Waals surface area contributed by atoms with Crippen LogP contribution in [0.15, 0.2) is 0 Å². The largest absolute Gasteiger partial charge is 0.472 e. The Morgan fingerprint density at radius 2 is 0.451 bits per heavy atom. The first-order valence-electron chi connectivity index (χ1n) is 43.0. The van der Waals surface area contributed by atoms with Gasteiger partial charge in [0.25, 0.3) is 0 Å². The average molecular weight is 1490 g/mol. The van der Waals surface area contributed by atoms with E-state index in [0.717, 1.165) is 102 Å². The molecule has 0 aliphatic rings. The van der Waals surface area contributed by atoms with Crippen molar-refractivity contribution in [2.24, 2.45) is 11.8 Å². The molecule has 0 rings (SSSR count). The van der Waals surface area contributed by atoms with Crippen molar-refractivity contribution in [3.63, 3.8) is 0 Å². The number of aliphatic hydroxyl groups excluding tert-OH is 1. The average Bonchev–Trinajstić information content (AvgIpc) is 1.10. The molecule has 0 bridgehead atoms. The summed E-state index contributed by atoms with van der Waals surface area (Å²) in [5.74, 6) is -0.574. The first-order chi connectivity index (χ1) is 49.4. The second-order valence-electron chi connectivity index (χ2n) is 30.8. The second kappa shape index (κ2) is 74.5. The van der Waals surface area contributed by atoms with E-state index in [-0.39, 0.29) is 25.7 Å². The maximum Gasteiger partial charge on any atom is 0.472 e. The number of carbonyl (C=O) groups excluding carboxylic acids is 4. The van der Waals surface area contributed by atoms with Crippen molar-refractivity contribution >= 4 is 39.5 Å². The third kappa shape index (κ3) is 76.3. The van der Waals surface area contributed by atoms with Gasteiger partial charge in [0.2, 0.25) is 0 Å². The van der Waals surface area contributed by atoms with Crippen molar-refractivity contribution < 1.29 is 80.2 Å². The first kappa shape index (κ1) is 100.